The highest BCUT2D eigenvalue weighted by atomic mass is 35.5. The lowest BCUT2D eigenvalue weighted by Crippen LogP contribution is -2.52. The molecule has 1 aliphatic carbocycles. The summed E-state index contributed by atoms with van der Waals surface area (Å²) in [5.74, 6) is 0.0964. The number of sulfonamides is 1. The first kappa shape index (κ1) is 20.1. The molecule has 1 aromatic carbocycles. The summed E-state index contributed by atoms with van der Waals surface area (Å²) in [4.78, 5) is 28.5. The largest absolute Gasteiger partial charge is 0.339 e. The average Bonchev–Trinajstić information content (AvgIpc) is 2.60. The lowest BCUT2D eigenvalue weighted by Gasteiger charge is -2.38. The number of nitrogens with zero attached hydrogens (tertiary/aromatic N) is 3. The summed E-state index contributed by atoms with van der Waals surface area (Å²) >= 11 is 6.04. The van der Waals surface area contributed by atoms with Gasteiger partial charge in [0.15, 0.2) is 0 Å². The molecule has 1 aromatic rings. The Morgan fingerprint density at radius 1 is 1.07 bits per heavy atom. The first-order valence-electron chi connectivity index (χ1n) is 9.02. The number of rotatable bonds is 4. The second-order valence-electron chi connectivity index (χ2n) is 7.18. The zero-order valence-corrected chi connectivity index (χ0v) is 17.1. The molecule has 1 saturated heterocycles. The standard InChI is InChI=1S/C18H24ClN3O4S/c1-20(2)27(25,26)16-12-14(6-7-15(16)19)18(24)22-10-8-21(9-11-22)17(23)13-4-3-5-13/h6-7,12-13H,3-5,8-11H2,1-2H3. The van der Waals surface area contributed by atoms with Crippen LogP contribution in [0.3, 0.4) is 0 Å². The van der Waals surface area contributed by atoms with Gasteiger partial charge in [-0.3, -0.25) is 9.59 Å². The van der Waals surface area contributed by atoms with Gasteiger partial charge in [-0.15, -0.1) is 0 Å². The Morgan fingerprint density at radius 2 is 1.67 bits per heavy atom. The Balaban J connectivity index is 1.71. The lowest BCUT2D eigenvalue weighted by atomic mass is 9.84. The third-order valence-corrected chi connectivity index (χ3v) is 7.57. The van der Waals surface area contributed by atoms with Gasteiger partial charge < -0.3 is 9.80 Å². The summed E-state index contributed by atoms with van der Waals surface area (Å²) < 4.78 is 25.8. The van der Waals surface area contributed by atoms with Gasteiger partial charge in [-0.1, -0.05) is 18.0 Å². The van der Waals surface area contributed by atoms with Crippen LogP contribution in [0.25, 0.3) is 0 Å². The maximum Gasteiger partial charge on any atom is 0.254 e. The first-order valence-corrected chi connectivity index (χ1v) is 10.8. The highest BCUT2D eigenvalue weighted by molar-refractivity contribution is 7.89. The molecule has 3 rings (SSSR count). The van der Waals surface area contributed by atoms with Gasteiger partial charge in [0.1, 0.15) is 4.90 Å². The monoisotopic (exact) mass is 413 g/mol. The van der Waals surface area contributed by atoms with Crippen LogP contribution in [0.15, 0.2) is 23.1 Å². The second-order valence-corrected chi connectivity index (χ2v) is 9.71. The minimum Gasteiger partial charge on any atom is -0.339 e. The molecule has 2 aliphatic rings. The predicted octanol–water partition coefficient (Wildman–Crippen LogP) is 1.67. The lowest BCUT2D eigenvalue weighted by molar-refractivity contribution is -0.139. The Hall–Kier alpha value is -1.64. The van der Waals surface area contributed by atoms with Crippen LogP contribution in [0.5, 0.6) is 0 Å². The van der Waals surface area contributed by atoms with Gasteiger partial charge >= 0.3 is 0 Å². The number of halogens is 1. The Bertz CT molecular complexity index is 844. The predicted molar refractivity (Wildman–Crippen MR) is 102 cm³/mol. The maximum atomic E-state index is 12.8. The van der Waals surface area contributed by atoms with E-state index < -0.39 is 10.0 Å². The summed E-state index contributed by atoms with van der Waals surface area (Å²) in [6.07, 6.45) is 3.04. The first-order chi connectivity index (χ1) is 12.7. The molecule has 2 fully saturated rings. The van der Waals surface area contributed by atoms with E-state index in [9.17, 15) is 18.0 Å². The van der Waals surface area contributed by atoms with E-state index in [1.54, 1.807) is 4.90 Å². The number of carbonyl (C=O) groups excluding carboxylic acids is 2. The smallest absolute Gasteiger partial charge is 0.254 e. The van der Waals surface area contributed by atoms with E-state index in [0.717, 1.165) is 23.6 Å². The van der Waals surface area contributed by atoms with Crippen LogP contribution in [0.1, 0.15) is 29.6 Å². The van der Waals surface area contributed by atoms with Crippen LogP contribution in [-0.4, -0.2) is 74.6 Å². The molecule has 1 aliphatic heterocycles. The van der Waals surface area contributed by atoms with Crippen molar-refractivity contribution in [1.82, 2.24) is 14.1 Å². The molecule has 27 heavy (non-hydrogen) atoms. The van der Waals surface area contributed by atoms with E-state index in [2.05, 4.69) is 0 Å². The molecule has 0 aromatic heterocycles. The summed E-state index contributed by atoms with van der Waals surface area (Å²) in [6.45, 7) is 1.90. The van der Waals surface area contributed by atoms with E-state index in [1.807, 2.05) is 4.90 Å². The van der Waals surface area contributed by atoms with Crippen molar-refractivity contribution in [3.8, 4) is 0 Å². The van der Waals surface area contributed by atoms with Gasteiger partial charge in [0.05, 0.1) is 5.02 Å². The summed E-state index contributed by atoms with van der Waals surface area (Å²) in [6, 6.07) is 4.29. The van der Waals surface area contributed by atoms with Crippen LogP contribution in [0, 0.1) is 5.92 Å². The van der Waals surface area contributed by atoms with Gasteiger partial charge in [-0.25, -0.2) is 12.7 Å². The molecule has 0 radical (unpaired) electrons. The normalized spacial score (nSPS) is 18.5. The van der Waals surface area contributed by atoms with E-state index in [4.69, 9.17) is 11.6 Å². The van der Waals surface area contributed by atoms with Crippen LogP contribution < -0.4 is 0 Å². The van der Waals surface area contributed by atoms with Gasteiger partial charge in [-0.2, -0.15) is 0 Å². The van der Waals surface area contributed by atoms with Crippen molar-refractivity contribution in [3.05, 3.63) is 28.8 Å². The molecule has 0 N–H and O–H groups in total. The zero-order valence-electron chi connectivity index (χ0n) is 15.5. The number of amides is 2. The van der Waals surface area contributed by atoms with Crippen LogP contribution in [0.4, 0.5) is 0 Å². The molecule has 2 amide bonds. The minimum absolute atomic E-state index is 0.0798. The summed E-state index contributed by atoms with van der Waals surface area (Å²) in [7, 11) is -0.912. The van der Waals surface area contributed by atoms with Crippen molar-refractivity contribution in [2.45, 2.75) is 24.2 Å². The minimum atomic E-state index is -3.74. The molecule has 0 unspecified atom stereocenters. The number of benzene rings is 1. The molecule has 148 valence electrons. The Morgan fingerprint density at radius 3 is 2.19 bits per heavy atom. The maximum absolute atomic E-state index is 12.8. The molecule has 0 spiro atoms. The SMILES string of the molecule is CN(C)S(=O)(=O)c1cc(C(=O)N2CCN(C(=O)C3CCC3)CC2)ccc1Cl. The molecule has 0 bridgehead atoms. The number of carbonyl (C=O) groups is 2. The van der Waals surface area contributed by atoms with E-state index in [1.165, 1.54) is 32.3 Å². The van der Waals surface area contributed by atoms with Crippen molar-refractivity contribution in [3.63, 3.8) is 0 Å². The molecular weight excluding hydrogens is 390 g/mol. The number of piperazine rings is 1. The molecule has 9 heteroatoms. The second kappa shape index (κ2) is 7.77. The average molecular weight is 414 g/mol. The number of hydrogen-bond donors (Lipinski definition) is 0. The number of hydrogen-bond acceptors (Lipinski definition) is 4. The van der Waals surface area contributed by atoms with E-state index in [-0.39, 0.29) is 33.2 Å². The van der Waals surface area contributed by atoms with E-state index >= 15 is 0 Å². The quantitative estimate of drug-likeness (QED) is 0.752. The fourth-order valence-corrected chi connectivity index (χ4v) is 4.65. The molecule has 7 nitrogen and oxygen atoms in total. The highest BCUT2D eigenvalue weighted by Crippen LogP contribution is 2.29. The van der Waals surface area contributed by atoms with Crippen LogP contribution in [0.2, 0.25) is 5.02 Å². The topological polar surface area (TPSA) is 78.0 Å². The third-order valence-electron chi connectivity index (χ3n) is 5.27. The van der Waals surface area contributed by atoms with Crippen molar-refractivity contribution >= 4 is 33.4 Å². The fraction of sp³-hybridized carbons (Fsp3) is 0.556. The molecular formula is C18H24ClN3O4S. The Kier molecular flexibility index (Phi) is 5.79. The van der Waals surface area contributed by atoms with Crippen molar-refractivity contribution < 1.29 is 18.0 Å². The van der Waals surface area contributed by atoms with Crippen LogP contribution >= 0.6 is 11.6 Å². The van der Waals surface area contributed by atoms with Crippen LogP contribution in [-0.2, 0) is 14.8 Å². The molecule has 1 saturated carbocycles. The summed E-state index contributed by atoms with van der Waals surface area (Å²) in [5.41, 5.74) is 0.276. The zero-order chi connectivity index (χ0) is 19.8. The van der Waals surface area contributed by atoms with Gasteiger partial charge in [0.2, 0.25) is 15.9 Å². The fourth-order valence-electron chi connectivity index (χ4n) is 3.26. The highest BCUT2D eigenvalue weighted by Gasteiger charge is 2.32. The Labute approximate surface area is 164 Å². The molecule has 0 atom stereocenters. The van der Waals surface area contributed by atoms with Gasteiger partial charge in [0.25, 0.3) is 5.91 Å². The third kappa shape index (κ3) is 3.97. The summed E-state index contributed by atoms with van der Waals surface area (Å²) in [5, 5.41) is 0.0798. The molecule has 1 heterocycles. The van der Waals surface area contributed by atoms with E-state index in [0.29, 0.717) is 26.2 Å². The van der Waals surface area contributed by atoms with Gasteiger partial charge in [-0.05, 0) is 31.0 Å². The van der Waals surface area contributed by atoms with Crippen molar-refractivity contribution in [2.24, 2.45) is 5.92 Å². The van der Waals surface area contributed by atoms with Gasteiger partial charge in [0, 0.05) is 51.8 Å². The van der Waals surface area contributed by atoms with Crippen molar-refractivity contribution in [2.75, 3.05) is 40.3 Å². The van der Waals surface area contributed by atoms with Crippen molar-refractivity contribution in [1.29, 1.82) is 0 Å².